The van der Waals surface area contributed by atoms with E-state index in [-0.39, 0.29) is 0 Å². The molecule has 0 rings (SSSR count). The van der Waals surface area contributed by atoms with Gasteiger partial charge in [0.1, 0.15) is 0 Å². The van der Waals surface area contributed by atoms with Crippen molar-refractivity contribution in [3.8, 4) is 0 Å². The molecule has 0 heteroatoms. The summed E-state index contributed by atoms with van der Waals surface area (Å²) in [5.74, 6) is 5.07. The van der Waals surface area contributed by atoms with Crippen LogP contribution in [0.25, 0.3) is 0 Å². The van der Waals surface area contributed by atoms with Gasteiger partial charge >= 0.3 is 0 Å². The molecule has 0 N–H and O–H groups in total. The zero-order valence-corrected chi connectivity index (χ0v) is 49.9. The van der Waals surface area contributed by atoms with Gasteiger partial charge < -0.3 is 0 Å². The summed E-state index contributed by atoms with van der Waals surface area (Å²) >= 11 is 0. The van der Waals surface area contributed by atoms with Gasteiger partial charge in [0, 0.05) is 2.74 Å². The summed E-state index contributed by atoms with van der Waals surface area (Å²) < 4.78 is 13.7. The fourth-order valence-electron chi connectivity index (χ4n) is 0. The minimum absolute atomic E-state index is 0.437. The quantitative estimate of drug-likeness (QED) is 0.259. The summed E-state index contributed by atoms with van der Waals surface area (Å²) in [6.45, 7) is 84.1. The average molecular weight is 836 g/mol. The van der Waals surface area contributed by atoms with E-state index in [4.69, 9.17) is 2.74 Å². The van der Waals surface area contributed by atoms with Crippen LogP contribution in [0.5, 0.6) is 0 Å². The molecule has 0 aliphatic heterocycles. The van der Waals surface area contributed by atoms with Crippen molar-refractivity contribution in [2.75, 3.05) is 0 Å². The van der Waals surface area contributed by atoms with Gasteiger partial charge in [0.15, 0.2) is 0 Å². The first-order chi connectivity index (χ1) is 25.9. The summed E-state index contributed by atoms with van der Waals surface area (Å²) in [5, 5.41) is 0. The Balaban J connectivity index is -0.0000000582. The lowest BCUT2D eigenvalue weighted by molar-refractivity contribution is 0.157. The van der Waals surface area contributed by atoms with Crippen molar-refractivity contribution >= 4 is 0 Å². The van der Waals surface area contributed by atoms with Gasteiger partial charge in [0.2, 0.25) is 0 Å². The highest BCUT2D eigenvalue weighted by atomic mass is 14.3. The number of hydrogen-bond acceptors (Lipinski definition) is 0. The lowest BCUT2D eigenvalue weighted by Gasteiger charge is -2.34. The van der Waals surface area contributed by atoms with Gasteiger partial charge in [0.25, 0.3) is 0 Å². The second-order valence-electron chi connectivity index (χ2n) is 25.2. The summed E-state index contributed by atoms with van der Waals surface area (Å²) in [7, 11) is 0. The van der Waals surface area contributed by atoms with Crippen LogP contribution in [0.1, 0.15) is 317 Å². The molecular formula is C58H136. The highest BCUT2D eigenvalue weighted by Gasteiger charge is 2.26. The Bertz CT molecular complexity index is 668. The van der Waals surface area contributed by atoms with E-state index in [9.17, 15) is 0 Å². The third-order valence-corrected chi connectivity index (χ3v) is 11.7. The topological polar surface area (TPSA) is 0 Å². The Hall–Kier alpha value is 0. The molecular weight excluding hydrogens is 697 g/mol. The van der Waals surface area contributed by atoms with Crippen molar-refractivity contribution in [2.45, 2.75) is 314 Å². The molecule has 0 saturated carbocycles. The van der Waals surface area contributed by atoms with Crippen LogP contribution in [0.4, 0.5) is 0 Å². The molecule has 58 heavy (non-hydrogen) atoms. The van der Waals surface area contributed by atoms with E-state index in [1.165, 1.54) is 38.5 Å². The van der Waals surface area contributed by atoms with Crippen LogP contribution >= 0.6 is 0 Å². The third kappa shape index (κ3) is 124. The zero-order valence-electron chi connectivity index (χ0n) is 51.9. The molecule has 0 radical (unpaired) electrons. The van der Waals surface area contributed by atoms with Gasteiger partial charge in [-0.05, 0) is 68.0 Å². The minimum atomic E-state index is -0.958. The lowest BCUT2D eigenvalue weighted by Crippen LogP contribution is -2.25. The Morgan fingerprint density at radius 1 is 0.328 bits per heavy atom. The van der Waals surface area contributed by atoms with Crippen LogP contribution < -0.4 is 0 Å². The van der Waals surface area contributed by atoms with Crippen LogP contribution in [-0.4, -0.2) is 0 Å². The van der Waals surface area contributed by atoms with Gasteiger partial charge in [-0.25, -0.2) is 0 Å². The van der Waals surface area contributed by atoms with Crippen molar-refractivity contribution in [1.29, 1.82) is 0 Å². The molecule has 0 spiro atoms. The smallest absolute Gasteiger partial charge is 0.0264 e. The predicted octanol–water partition coefficient (Wildman–Crippen LogP) is 23.4. The first-order valence-electron chi connectivity index (χ1n) is 25.9. The van der Waals surface area contributed by atoms with E-state index in [0.29, 0.717) is 38.9 Å². The molecule has 0 amide bonds. The number of unbranched alkanes of at least 4 members (excludes halogenated alkanes) is 1. The standard InChI is InChI=1S/C8H18.2C7H16.3C6H14.2C5H12.2C4H10/c1-7(2,3)8(4,5)6;2*1-6(2)7(3,4)5;2*1-5-6(2,3)4;1-5(2)6(3)4;2*1-4-5(2)3;2*1-3-4-2/h1-6H3;2*6H,1-5H3;2*5H2,1-4H3;5-6H,1-4H3;2*5H,4H2,1-3H3;2*3-4H2,1-2H3/i;;;;;;;;3D2;. The van der Waals surface area contributed by atoms with Gasteiger partial charge in [0.05, 0.1) is 0 Å². The molecule has 0 aliphatic carbocycles. The first-order valence-corrected chi connectivity index (χ1v) is 24.9. The monoisotopic (exact) mass is 835 g/mol. The van der Waals surface area contributed by atoms with Gasteiger partial charge in [-0.2, -0.15) is 0 Å². The molecule has 0 aromatic heterocycles. The normalized spacial score (nSPS) is 12.1. The summed E-state index contributed by atoms with van der Waals surface area (Å²) in [5.41, 5.74) is 2.96. The lowest BCUT2D eigenvalue weighted by atomic mass is 9.71. The van der Waals surface area contributed by atoms with Gasteiger partial charge in [-0.3, -0.25) is 0 Å². The Morgan fingerprint density at radius 3 is 0.448 bits per heavy atom. The van der Waals surface area contributed by atoms with Crippen LogP contribution in [0.2, 0.25) is 0 Å². The number of rotatable bonds is 5. The van der Waals surface area contributed by atoms with Crippen molar-refractivity contribution in [3.63, 3.8) is 0 Å². The summed E-state index contributed by atoms with van der Waals surface area (Å²) in [4.78, 5) is 0. The SMILES string of the molecule is CC(C)(C)C(C)(C)C.CC(C)C(C)(C)C.CC(C)C(C)(C)C.CC(C)C(C)C.CCC(C)(C)C.CCC(C)(C)C.CCC(C)C.CCC(C)C.CCCC.[2H]C([2H])(C)CC. The van der Waals surface area contributed by atoms with E-state index in [0.717, 1.165) is 35.5 Å². The zero-order chi connectivity index (χ0) is 51.9. The first kappa shape index (κ1) is 75.4. The van der Waals surface area contributed by atoms with E-state index in [2.05, 4.69) is 249 Å². The largest absolute Gasteiger partial charge is 0.0654 e. The maximum atomic E-state index is 6.85. The van der Waals surface area contributed by atoms with Crippen molar-refractivity contribution in [3.05, 3.63) is 0 Å². The van der Waals surface area contributed by atoms with Crippen molar-refractivity contribution in [1.82, 2.24) is 0 Å². The second-order valence-corrected chi connectivity index (χ2v) is 25.2. The fraction of sp³-hybridized carbons (Fsp3) is 1.00. The molecule has 0 atom stereocenters. The van der Waals surface area contributed by atoms with Crippen molar-refractivity contribution < 1.29 is 2.74 Å². The highest BCUT2D eigenvalue weighted by Crippen LogP contribution is 2.36. The molecule has 0 aromatic rings. The van der Waals surface area contributed by atoms with Gasteiger partial charge in [-0.1, -0.05) is 314 Å². The maximum Gasteiger partial charge on any atom is 0.0264 e. The van der Waals surface area contributed by atoms with Crippen LogP contribution in [0.3, 0.4) is 0 Å². The molecule has 0 unspecified atom stereocenters. The summed E-state index contributed by atoms with van der Waals surface area (Å²) in [6.07, 6.45) is 7.44. The molecule has 0 nitrogen and oxygen atoms in total. The third-order valence-electron chi connectivity index (χ3n) is 11.7. The van der Waals surface area contributed by atoms with Gasteiger partial charge in [-0.15, -0.1) is 0 Å². The van der Waals surface area contributed by atoms with Crippen LogP contribution in [0, 0.1) is 68.0 Å². The Labute approximate surface area is 383 Å². The molecule has 368 valence electrons. The molecule has 0 aliphatic rings. The van der Waals surface area contributed by atoms with Crippen molar-refractivity contribution in [2.24, 2.45) is 68.0 Å². The minimum Gasteiger partial charge on any atom is -0.0654 e. The second kappa shape index (κ2) is 46.5. The van der Waals surface area contributed by atoms with E-state index < -0.39 is 6.37 Å². The average Bonchev–Trinajstić information content (AvgIpc) is 3.04. The van der Waals surface area contributed by atoms with Crippen LogP contribution in [0.15, 0.2) is 0 Å². The van der Waals surface area contributed by atoms with E-state index >= 15 is 0 Å². The van der Waals surface area contributed by atoms with E-state index in [1.807, 2.05) is 6.92 Å². The van der Waals surface area contributed by atoms with Crippen LogP contribution in [-0.2, 0) is 0 Å². The maximum absolute atomic E-state index is 6.85. The molecule has 0 saturated heterocycles. The molecule has 0 aromatic carbocycles. The number of hydrogen-bond donors (Lipinski definition) is 0. The molecule has 0 heterocycles. The highest BCUT2D eigenvalue weighted by molar-refractivity contribution is 4.77. The predicted molar refractivity (Wildman–Crippen MR) is 288 cm³/mol. The fourth-order valence-corrected chi connectivity index (χ4v) is 0. The molecule has 0 bridgehead atoms. The summed E-state index contributed by atoms with van der Waals surface area (Å²) in [6, 6.07) is 0. The Morgan fingerprint density at radius 2 is 0.448 bits per heavy atom. The van der Waals surface area contributed by atoms with E-state index in [1.54, 1.807) is 6.92 Å². The Kier molecular flexibility index (Phi) is 60.4. The molecule has 0 fully saturated rings.